The first-order valence-corrected chi connectivity index (χ1v) is 8.67. The number of halogens is 3. The molecule has 2 heterocycles. The number of oxazole rings is 1. The Balaban J connectivity index is 1.56. The van der Waals surface area contributed by atoms with Crippen molar-refractivity contribution >= 4 is 16.8 Å². The average molecular weight is 371 g/mol. The van der Waals surface area contributed by atoms with Gasteiger partial charge in [0.15, 0.2) is 11.5 Å². The molecule has 0 saturated carbocycles. The van der Waals surface area contributed by atoms with Crippen molar-refractivity contribution < 1.29 is 17.6 Å². The molecule has 0 N–H and O–H groups in total. The Bertz CT molecular complexity index is 978. The maximum atomic E-state index is 13.4. The normalized spacial score (nSPS) is 15.9. The van der Waals surface area contributed by atoms with Gasteiger partial charge < -0.3 is 9.32 Å². The van der Waals surface area contributed by atoms with Gasteiger partial charge in [-0.15, -0.1) is 0 Å². The van der Waals surface area contributed by atoms with Gasteiger partial charge in [0.2, 0.25) is 0 Å². The van der Waals surface area contributed by atoms with Crippen LogP contribution >= 0.6 is 0 Å². The Hall–Kier alpha value is -3.01. The topological polar surface area (TPSA) is 53.1 Å². The largest absolute Gasteiger partial charge is 0.440 e. The number of rotatable bonds is 2. The van der Waals surface area contributed by atoms with Crippen molar-refractivity contribution in [1.29, 1.82) is 5.26 Å². The van der Waals surface area contributed by atoms with Crippen LogP contribution < -0.4 is 4.90 Å². The van der Waals surface area contributed by atoms with Crippen LogP contribution in [0.15, 0.2) is 46.9 Å². The van der Waals surface area contributed by atoms with E-state index in [9.17, 15) is 13.2 Å². The van der Waals surface area contributed by atoms with Crippen LogP contribution in [0.5, 0.6) is 0 Å². The van der Waals surface area contributed by atoms with E-state index in [1.807, 2.05) is 30.3 Å². The lowest BCUT2D eigenvalue weighted by molar-refractivity contribution is -0.137. The molecule has 0 amide bonds. The molecule has 0 aliphatic carbocycles. The number of anilines is 1. The fraction of sp³-hybridized carbons (Fsp3) is 0.300. The fourth-order valence-electron chi connectivity index (χ4n) is 3.53. The molecule has 3 aromatic rings. The maximum Gasteiger partial charge on any atom is 0.418 e. The van der Waals surface area contributed by atoms with E-state index < -0.39 is 11.7 Å². The highest BCUT2D eigenvalue weighted by Crippen LogP contribution is 2.39. The Kier molecular flexibility index (Phi) is 4.27. The first kappa shape index (κ1) is 17.4. The van der Waals surface area contributed by atoms with Gasteiger partial charge in [0.05, 0.1) is 22.9 Å². The molecule has 27 heavy (non-hydrogen) atoms. The number of nitriles is 1. The summed E-state index contributed by atoms with van der Waals surface area (Å²) >= 11 is 0. The number of benzene rings is 2. The molecule has 4 rings (SSSR count). The summed E-state index contributed by atoms with van der Waals surface area (Å²) in [6.07, 6.45) is -3.18. The molecular formula is C20H16F3N3O. The molecule has 0 unspecified atom stereocenters. The zero-order valence-electron chi connectivity index (χ0n) is 14.3. The monoisotopic (exact) mass is 371 g/mol. The molecule has 7 heteroatoms. The van der Waals surface area contributed by atoms with Gasteiger partial charge in [-0.25, -0.2) is 4.98 Å². The van der Waals surface area contributed by atoms with Crippen molar-refractivity contribution in [2.75, 3.05) is 18.0 Å². The van der Waals surface area contributed by atoms with Gasteiger partial charge in [-0.05, 0) is 43.2 Å². The Morgan fingerprint density at radius 2 is 1.85 bits per heavy atom. The van der Waals surface area contributed by atoms with Gasteiger partial charge in [-0.2, -0.15) is 18.4 Å². The Morgan fingerprint density at radius 1 is 1.11 bits per heavy atom. The number of hydrogen-bond acceptors (Lipinski definition) is 4. The van der Waals surface area contributed by atoms with E-state index in [1.165, 1.54) is 12.1 Å². The van der Waals surface area contributed by atoms with Crippen LogP contribution in [-0.2, 0) is 6.18 Å². The van der Waals surface area contributed by atoms with Crippen LogP contribution in [0.25, 0.3) is 11.1 Å². The first-order chi connectivity index (χ1) is 13.0. The smallest absolute Gasteiger partial charge is 0.418 e. The molecule has 0 radical (unpaired) electrons. The van der Waals surface area contributed by atoms with Crippen LogP contribution in [-0.4, -0.2) is 18.1 Å². The summed E-state index contributed by atoms with van der Waals surface area (Å²) in [7, 11) is 0. The maximum absolute atomic E-state index is 13.4. The van der Waals surface area contributed by atoms with E-state index in [1.54, 1.807) is 4.90 Å². The van der Waals surface area contributed by atoms with Crippen molar-refractivity contribution in [3.8, 4) is 6.07 Å². The van der Waals surface area contributed by atoms with Gasteiger partial charge >= 0.3 is 6.18 Å². The number of piperidine rings is 1. The lowest BCUT2D eigenvalue weighted by Gasteiger charge is -2.34. The average Bonchev–Trinajstić information content (AvgIpc) is 3.11. The fourth-order valence-corrected chi connectivity index (χ4v) is 3.53. The molecule has 0 atom stereocenters. The summed E-state index contributed by atoms with van der Waals surface area (Å²) in [5.74, 6) is 0.708. The van der Waals surface area contributed by atoms with Crippen molar-refractivity contribution in [1.82, 2.24) is 4.98 Å². The Labute approximate surface area is 153 Å². The molecule has 1 aromatic heterocycles. The Morgan fingerprint density at radius 3 is 2.52 bits per heavy atom. The van der Waals surface area contributed by atoms with Crippen LogP contribution in [0.1, 0.15) is 35.8 Å². The third-order valence-corrected chi connectivity index (χ3v) is 4.93. The van der Waals surface area contributed by atoms with Crippen molar-refractivity contribution in [2.24, 2.45) is 0 Å². The molecule has 1 saturated heterocycles. The van der Waals surface area contributed by atoms with Gasteiger partial charge in [0.1, 0.15) is 5.52 Å². The minimum Gasteiger partial charge on any atom is -0.440 e. The van der Waals surface area contributed by atoms with Gasteiger partial charge in [-0.1, -0.05) is 12.1 Å². The van der Waals surface area contributed by atoms with Crippen molar-refractivity contribution in [3.63, 3.8) is 0 Å². The second kappa shape index (κ2) is 6.62. The molecule has 138 valence electrons. The van der Waals surface area contributed by atoms with E-state index in [0.717, 1.165) is 17.2 Å². The number of fused-ring (bicyclic) bond motifs is 1. The van der Waals surface area contributed by atoms with E-state index in [2.05, 4.69) is 4.98 Å². The summed E-state index contributed by atoms with van der Waals surface area (Å²) in [6, 6.07) is 12.9. The summed E-state index contributed by atoms with van der Waals surface area (Å²) in [4.78, 5) is 6.21. The van der Waals surface area contributed by atoms with Crippen LogP contribution in [0.3, 0.4) is 0 Å². The minimum atomic E-state index is -4.46. The summed E-state index contributed by atoms with van der Waals surface area (Å²) in [5.41, 5.74) is 1.09. The molecule has 1 aliphatic rings. The van der Waals surface area contributed by atoms with Crippen LogP contribution in [0, 0.1) is 11.3 Å². The van der Waals surface area contributed by atoms with E-state index in [-0.39, 0.29) is 17.2 Å². The van der Waals surface area contributed by atoms with E-state index >= 15 is 0 Å². The number of nitrogens with zero attached hydrogens (tertiary/aromatic N) is 3. The third kappa shape index (κ3) is 3.35. The molecular weight excluding hydrogens is 355 g/mol. The van der Waals surface area contributed by atoms with Gasteiger partial charge in [0.25, 0.3) is 0 Å². The van der Waals surface area contributed by atoms with Gasteiger partial charge in [-0.3, -0.25) is 0 Å². The standard InChI is InChI=1S/C20H16F3N3O/c21-20(22,23)15-6-5-13(12-24)11-17(15)26-9-7-14(8-10-26)19-25-16-3-1-2-4-18(16)27-19/h1-6,11,14H,7-10H2. The number of hydrogen-bond donors (Lipinski definition) is 0. The van der Waals surface area contributed by atoms with E-state index in [4.69, 9.17) is 9.68 Å². The zero-order valence-corrected chi connectivity index (χ0v) is 14.3. The molecule has 2 aromatic carbocycles. The molecule has 0 spiro atoms. The number of para-hydroxylation sites is 2. The van der Waals surface area contributed by atoms with E-state index in [0.29, 0.717) is 31.8 Å². The highest BCUT2D eigenvalue weighted by molar-refractivity contribution is 5.72. The predicted octanol–water partition coefficient (Wildman–Crippen LogP) is 5.10. The molecule has 4 nitrogen and oxygen atoms in total. The third-order valence-electron chi connectivity index (χ3n) is 4.93. The molecule has 0 bridgehead atoms. The van der Waals surface area contributed by atoms with Crippen molar-refractivity contribution in [3.05, 3.63) is 59.5 Å². The zero-order chi connectivity index (χ0) is 19.0. The summed E-state index contributed by atoms with van der Waals surface area (Å²) < 4.78 is 45.9. The molecule has 1 fully saturated rings. The second-order valence-corrected chi connectivity index (χ2v) is 6.62. The quantitative estimate of drug-likeness (QED) is 0.629. The summed E-state index contributed by atoms with van der Waals surface area (Å²) in [6.45, 7) is 0.892. The highest BCUT2D eigenvalue weighted by atomic mass is 19.4. The number of aromatic nitrogens is 1. The molecule has 1 aliphatic heterocycles. The SMILES string of the molecule is N#Cc1ccc(C(F)(F)F)c(N2CCC(c3nc4ccccc4o3)CC2)c1. The predicted molar refractivity (Wildman–Crippen MR) is 94.4 cm³/mol. The van der Waals surface area contributed by atoms with Gasteiger partial charge in [0, 0.05) is 19.0 Å². The van der Waals surface area contributed by atoms with Crippen LogP contribution in [0.2, 0.25) is 0 Å². The minimum absolute atomic E-state index is 0.0672. The number of alkyl halides is 3. The van der Waals surface area contributed by atoms with Crippen molar-refractivity contribution in [2.45, 2.75) is 24.9 Å². The summed E-state index contributed by atoms with van der Waals surface area (Å²) in [5, 5.41) is 9.04. The highest BCUT2D eigenvalue weighted by Gasteiger charge is 2.36. The lowest BCUT2D eigenvalue weighted by Crippen LogP contribution is -2.34. The lowest BCUT2D eigenvalue weighted by atomic mass is 9.95. The second-order valence-electron chi connectivity index (χ2n) is 6.62. The first-order valence-electron chi connectivity index (χ1n) is 8.67. The van der Waals surface area contributed by atoms with Crippen LogP contribution in [0.4, 0.5) is 18.9 Å².